The summed E-state index contributed by atoms with van der Waals surface area (Å²) in [6, 6.07) is 18.1. The molecule has 0 saturated carbocycles. The lowest BCUT2D eigenvalue weighted by Gasteiger charge is -2.35. The number of nitrogen functional groups attached to an aromatic ring is 1. The first-order chi connectivity index (χ1) is 23.1. The normalized spacial score (nSPS) is 14.6. The van der Waals surface area contributed by atoms with Crippen molar-refractivity contribution in [3.8, 4) is 20.9 Å². The van der Waals surface area contributed by atoms with Gasteiger partial charge < -0.3 is 30.1 Å². The lowest BCUT2D eigenvalue weighted by Crippen LogP contribution is -2.46. The number of anilines is 3. The number of nitrogens with two attached hydrogens (primary N) is 1. The van der Waals surface area contributed by atoms with E-state index < -0.39 is 17.1 Å². The minimum absolute atomic E-state index is 0.140. The first-order valence-corrected chi connectivity index (χ1v) is 16.9. The van der Waals surface area contributed by atoms with Crippen LogP contribution in [0.2, 0.25) is 0 Å². The molecule has 2 fully saturated rings. The van der Waals surface area contributed by atoms with E-state index in [0.29, 0.717) is 36.4 Å². The van der Waals surface area contributed by atoms with Gasteiger partial charge in [0.05, 0.1) is 29.5 Å². The summed E-state index contributed by atoms with van der Waals surface area (Å²) in [5, 5.41) is 27.3. The van der Waals surface area contributed by atoms with Crippen molar-refractivity contribution < 1.29 is 29.1 Å². The van der Waals surface area contributed by atoms with Crippen molar-refractivity contribution in [2.24, 2.45) is 11.8 Å². The van der Waals surface area contributed by atoms with Crippen LogP contribution in [0.25, 0.3) is 20.9 Å². The van der Waals surface area contributed by atoms with Gasteiger partial charge >= 0.3 is 12.2 Å². The first-order valence-electron chi connectivity index (χ1n) is 15.1. The van der Waals surface area contributed by atoms with E-state index in [9.17, 15) is 19.7 Å². The molecule has 0 unspecified atom stereocenters. The molecule has 13 nitrogen and oxygen atoms in total. The Hall–Kier alpha value is -4.54. The smallest absolute Gasteiger partial charge is 0.411 e. The summed E-state index contributed by atoms with van der Waals surface area (Å²) in [6.45, 7) is 4.49. The van der Waals surface area contributed by atoms with E-state index in [1.807, 2.05) is 61.3 Å². The number of carbonyl (C=O) groups excluding carboxylic acids is 2. The summed E-state index contributed by atoms with van der Waals surface area (Å²) in [4.78, 5) is 40.9. The van der Waals surface area contributed by atoms with Crippen LogP contribution in [0.3, 0.4) is 0 Å². The molecule has 0 atom stereocenters. The Morgan fingerprint density at radius 2 is 1.29 bits per heavy atom. The molecule has 48 heavy (non-hydrogen) atoms. The number of hydrogen-bond donors (Lipinski definition) is 4. The molecule has 6 rings (SSSR count). The molecule has 2 saturated heterocycles. The van der Waals surface area contributed by atoms with Crippen LogP contribution in [-0.4, -0.2) is 92.6 Å². The number of benzene rings is 2. The highest BCUT2D eigenvalue weighted by molar-refractivity contribution is 7.13. The van der Waals surface area contributed by atoms with Crippen LogP contribution in [0.4, 0.5) is 32.3 Å². The van der Waals surface area contributed by atoms with Crippen molar-refractivity contribution in [3.63, 3.8) is 0 Å². The molecule has 0 spiro atoms. The van der Waals surface area contributed by atoms with Crippen molar-refractivity contribution >= 4 is 57.6 Å². The van der Waals surface area contributed by atoms with Crippen LogP contribution >= 0.6 is 22.7 Å². The lowest BCUT2D eigenvalue weighted by atomic mass is 10.0. The maximum Gasteiger partial charge on any atom is 0.411 e. The van der Waals surface area contributed by atoms with Crippen LogP contribution in [0.5, 0.6) is 0 Å². The Labute approximate surface area is 287 Å². The number of likely N-dealkylation sites (tertiary alicyclic amines) is 2. The SMILES string of the molecule is CN1CC(COC(=O)Nc2cc(-c3cccs3)ccc2N)C1.CN1CC(COC(=O)Nc2cc(-c3cccs3)ccc2[N+](=O)[O-])C1.CO. The van der Waals surface area contributed by atoms with E-state index in [0.717, 1.165) is 54.2 Å². The zero-order valence-corrected chi connectivity index (χ0v) is 28.6. The van der Waals surface area contributed by atoms with Crippen LogP contribution in [0, 0.1) is 22.0 Å². The Morgan fingerprint density at radius 3 is 1.73 bits per heavy atom. The quantitative estimate of drug-likeness (QED) is 0.0904. The molecule has 2 aromatic carbocycles. The minimum Gasteiger partial charge on any atom is -0.449 e. The molecule has 0 aliphatic carbocycles. The van der Waals surface area contributed by atoms with Gasteiger partial charge in [-0.05, 0) is 72.4 Å². The fraction of sp³-hybridized carbons (Fsp3) is 0.333. The Balaban J connectivity index is 0.000000207. The summed E-state index contributed by atoms with van der Waals surface area (Å²) >= 11 is 3.17. The minimum atomic E-state index is -0.670. The van der Waals surface area contributed by atoms with E-state index >= 15 is 0 Å². The van der Waals surface area contributed by atoms with Gasteiger partial charge in [-0.3, -0.25) is 20.7 Å². The van der Waals surface area contributed by atoms with Crippen molar-refractivity contribution in [1.82, 2.24) is 9.80 Å². The molecule has 0 radical (unpaired) electrons. The molecule has 4 aromatic rings. The fourth-order valence-corrected chi connectivity index (χ4v) is 6.65. The van der Waals surface area contributed by atoms with Gasteiger partial charge in [-0.25, -0.2) is 9.59 Å². The lowest BCUT2D eigenvalue weighted by molar-refractivity contribution is -0.383. The molecule has 2 amide bonds. The third kappa shape index (κ3) is 10.2. The Kier molecular flexibility index (Phi) is 13.3. The number of thiophene rings is 2. The molecule has 0 bridgehead atoms. The highest BCUT2D eigenvalue weighted by atomic mass is 32.1. The summed E-state index contributed by atoms with van der Waals surface area (Å²) < 4.78 is 10.4. The molecule has 5 N–H and O–H groups in total. The molecule has 15 heteroatoms. The number of amides is 2. The summed E-state index contributed by atoms with van der Waals surface area (Å²) in [7, 11) is 5.04. The van der Waals surface area contributed by atoms with Gasteiger partial charge in [0.2, 0.25) is 0 Å². The molecular formula is C33H40N6O7S2. The second kappa shape index (κ2) is 17.6. The van der Waals surface area contributed by atoms with Gasteiger partial charge in [-0.2, -0.15) is 0 Å². The van der Waals surface area contributed by atoms with Crippen molar-refractivity contribution in [2.45, 2.75) is 0 Å². The number of nitrogens with zero attached hydrogens (tertiary/aromatic N) is 3. The number of nitrogens with one attached hydrogen (secondary N) is 2. The van der Waals surface area contributed by atoms with Crippen LogP contribution in [0.1, 0.15) is 0 Å². The molecular weight excluding hydrogens is 657 g/mol. The number of nitro benzene ring substituents is 1. The number of hydrogen-bond acceptors (Lipinski definition) is 12. The molecule has 2 aliphatic rings. The van der Waals surface area contributed by atoms with Crippen LogP contribution in [-0.2, 0) is 9.47 Å². The number of ether oxygens (including phenoxy) is 2. The standard InChI is InChI=1S/C16H17N3O4S.C16H19N3O2S.CH4O/c1-18-8-11(9-18)10-23-16(20)17-13-7-12(15-3-2-6-24-15)4-5-14(13)19(21)22;1-19-8-11(9-19)10-21-16(20)18-14-7-12(4-5-13(14)17)15-3-2-6-22-15;1-2/h2-7,11H,8-10H2,1H3,(H,17,20);2-7,11H,8-10,17H2,1H3,(H,18,20);2H,1H3. The highest BCUT2D eigenvalue weighted by Crippen LogP contribution is 2.33. The van der Waals surface area contributed by atoms with Gasteiger partial charge in [0.15, 0.2) is 0 Å². The summed E-state index contributed by atoms with van der Waals surface area (Å²) in [5.74, 6) is 0.763. The van der Waals surface area contributed by atoms with Crippen molar-refractivity contribution in [1.29, 1.82) is 0 Å². The third-order valence-electron chi connectivity index (χ3n) is 7.51. The van der Waals surface area contributed by atoms with Gasteiger partial charge in [0.1, 0.15) is 5.69 Å². The number of rotatable bonds is 9. The summed E-state index contributed by atoms with van der Waals surface area (Å²) in [6.07, 6.45) is -1.12. The van der Waals surface area contributed by atoms with E-state index in [1.54, 1.807) is 29.5 Å². The zero-order valence-electron chi connectivity index (χ0n) is 27.0. The van der Waals surface area contributed by atoms with Gasteiger partial charge in [0, 0.05) is 60.9 Å². The van der Waals surface area contributed by atoms with Gasteiger partial charge in [0.25, 0.3) is 5.69 Å². The monoisotopic (exact) mass is 696 g/mol. The number of aliphatic hydroxyl groups excluding tert-OH is 1. The maximum atomic E-state index is 11.9. The zero-order chi connectivity index (χ0) is 34.6. The van der Waals surface area contributed by atoms with Crippen molar-refractivity contribution in [3.05, 3.63) is 81.5 Å². The van der Waals surface area contributed by atoms with E-state index in [4.69, 9.17) is 20.3 Å². The predicted octanol–water partition coefficient (Wildman–Crippen LogP) is 6.15. The Morgan fingerprint density at radius 1 is 0.833 bits per heavy atom. The largest absolute Gasteiger partial charge is 0.449 e. The van der Waals surface area contributed by atoms with E-state index in [1.165, 1.54) is 17.4 Å². The third-order valence-corrected chi connectivity index (χ3v) is 9.35. The van der Waals surface area contributed by atoms with Gasteiger partial charge in [-0.1, -0.05) is 18.2 Å². The summed E-state index contributed by atoms with van der Waals surface area (Å²) in [5.41, 5.74) is 8.87. The predicted molar refractivity (Wildman–Crippen MR) is 191 cm³/mol. The maximum absolute atomic E-state index is 11.9. The number of carbonyl (C=O) groups is 2. The highest BCUT2D eigenvalue weighted by Gasteiger charge is 2.26. The van der Waals surface area contributed by atoms with E-state index in [-0.39, 0.29) is 11.4 Å². The Bertz CT molecular complexity index is 1640. The molecule has 256 valence electrons. The van der Waals surface area contributed by atoms with Crippen LogP contribution < -0.4 is 16.4 Å². The fourth-order valence-electron chi connectivity index (χ4n) is 5.20. The average molecular weight is 697 g/mol. The second-order valence-corrected chi connectivity index (χ2v) is 13.3. The second-order valence-electron chi connectivity index (χ2n) is 11.4. The van der Waals surface area contributed by atoms with E-state index in [2.05, 4.69) is 20.4 Å². The van der Waals surface area contributed by atoms with Crippen molar-refractivity contribution in [2.75, 3.05) is 77.0 Å². The average Bonchev–Trinajstić information content (AvgIpc) is 3.78. The number of aliphatic hydroxyl groups is 1. The topological polar surface area (TPSA) is 173 Å². The molecule has 2 aromatic heterocycles. The first kappa shape index (κ1) is 36.3. The molecule has 4 heterocycles. The number of nitro groups is 1. The van der Waals surface area contributed by atoms with Gasteiger partial charge in [-0.15, -0.1) is 22.7 Å². The van der Waals surface area contributed by atoms with Crippen LogP contribution in [0.15, 0.2) is 71.4 Å². The molecule has 2 aliphatic heterocycles.